The van der Waals surface area contributed by atoms with Crippen LogP contribution in [-0.2, 0) is 16.4 Å². The van der Waals surface area contributed by atoms with Crippen molar-refractivity contribution in [3.05, 3.63) is 47.5 Å². The van der Waals surface area contributed by atoms with E-state index in [2.05, 4.69) is 10.0 Å². The van der Waals surface area contributed by atoms with Crippen LogP contribution in [0.15, 0.2) is 41.3 Å². The standard InChI is InChI=1S/C23H30N2O6S/c1-29-19-10-8-16(21(15-19)31-3)12-13-24-23(26)17-9-11-20(30-2)22(14-17)32(27,28)25-18-6-4-5-7-18/h8-11,14-15,18,25H,4-7,12-13H2,1-3H3,(H,24,26). The van der Waals surface area contributed by atoms with Gasteiger partial charge in [0.2, 0.25) is 10.0 Å². The van der Waals surface area contributed by atoms with E-state index in [1.54, 1.807) is 26.4 Å². The van der Waals surface area contributed by atoms with E-state index in [4.69, 9.17) is 14.2 Å². The van der Waals surface area contributed by atoms with Crippen LogP contribution >= 0.6 is 0 Å². The molecule has 0 radical (unpaired) electrons. The van der Waals surface area contributed by atoms with Gasteiger partial charge in [0.05, 0.1) is 21.3 Å². The molecule has 1 amide bonds. The van der Waals surface area contributed by atoms with Crippen molar-refractivity contribution in [3.8, 4) is 17.2 Å². The monoisotopic (exact) mass is 462 g/mol. The minimum atomic E-state index is -3.81. The molecule has 2 aromatic rings. The van der Waals surface area contributed by atoms with Crippen LogP contribution in [0, 0.1) is 0 Å². The molecule has 1 fully saturated rings. The van der Waals surface area contributed by atoms with Crippen LogP contribution in [0.5, 0.6) is 17.2 Å². The van der Waals surface area contributed by atoms with E-state index in [0.29, 0.717) is 24.5 Å². The second-order valence-electron chi connectivity index (χ2n) is 7.65. The smallest absolute Gasteiger partial charge is 0.251 e. The number of benzene rings is 2. The van der Waals surface area contributed by atoms with Gasteiger partial charge in [0.15, 0.2) is 0 Å². The van der Waals surface area contributed by atoms with Crippen LogP contribution in [-0.4, -0.2) is 48.2 Å². The SMILES string of the molecule is COc1ccc(CCNC(=O)c2ccc(OC)c(S(=O)(=O)NC3CCCC3)c2)c(OC)c1. The van der Waals surface area contributed by atoms with Crippen molar-refractivity contribution in [1.29, 1.82) is 0 Å². The molecule has 9 heteroatoms. The molecule has 0 aliphatic heterocycles. The number of sulfonamides is 1. The average molecular weight is 463 g/mol. The third-order valence-corrected chi connectivity index (χ3v) is 7.11. The zero-order valence-electron chi connectivity index (χ0n) is 18.6. The first-order chi connectivity index (χ1) is 15.4. The normalized spacial score (nSPS) is 14.2. The molecule has 1 aliphatic carbocycles. The van der Waals surface area contributed by atoms with Gasteiger partial charge in [-0.05, 0) is 49.1 Å². The first-order valence-corrected chi connectivity index (χ1v) is 12.1. The summed E-state index contributed by atoms with van der Waals surface area (Å²) >= 11 is 0. The Bertz CT molecular complexity index is 1050. The van der Waals surface area contributed by atoms with Gasteiger partial charge in [-0.1, -0.05) is 18.9 Å². The predicted octanol–water partition coefficient (Wildman–Crippen LogP) is 2.91. The second-order valence-corrected chi connectivity index (χ2v) is 9.33. The lowest BCUT2D eigenvalue weighted by Crippen LogP contribution is -2.33. The summed E-state index contributed by atoms with van der Waals surface area (Å²) in [4.78, 5) is 12.7. The van der Waals surface area contributed by atoms with E-state index in [9.17, 15) is 13.2 Å². The van der Waals surface area contributed by atoms with E-state index in [0.717, 1.165) is 31.2 Å². The molecule has 2 aromatic carbocycles. The van der Waals surface area contributed by atoms with E-state index in [1.165, 1.54) is 19.2 Å². The molecule has 3 rings (SSSR count). The highest BCUT2D eigenvalue weighted by atomic mass is 32.2. The number of rotatable bonds is 10. The molecule has 0 heterocycles. The van der Waals surface area contributed by atoms with Crippen LogP contribution < -0.4 is 24.2 Å². The van der Waals surface area contributed by atoms with Crippen molar-refractivity contribution in [2.75, 3.05) is 27.9 Å². The van der Waals surface area contributed by atoms with E-state index >= 15 is 0 Å². The van der Waals surface area contributed by atoms with Gasteiger partial charge >= 0.3 is 0 Å². The minimum absolute atomic E-state index is 0.0311. The first-order valence-electron chi connectivity index (χ1n) is 10.6. The summed E-state index contributed by atoms with van der Waals surface area (Å²) < 4.78 is 44.4. The molecule has 2 N–H and O–H groups in total. The number of amides is 1. The summed E-state index contributed by atoms with van der Waals surface area (Å²) in [5.74, 6) is 1.20. The van der Waals surface area contributed by atoms with Gasteiger partial charge in [0.1, 0.15) is 22.1 Å². The molecule has 0 aromatic heterocycles. The van der Waals surface area contributed by atoms with Crippen molar-refractivity contribution >= 4 is 15.9 Å². The molecular weight excluding hydrogens is 432 g/mol. The Morgan fingerprint density at radius 3 is 2.34 bits per heavy atom. The highest BCUT2D eigenvalue weighted by molar-refractivity contribution is 7.89. The molecule has 0 saturated heterocycles. The molecule has 0 bridgehead atoms. The van der Waals surface area contributed by atoms with Crippen molar-refractivity contribution in [2.24, 2.45) is 0 Å². The topological polar surface area (TPSA) is 103 Å². The van der Waals surface area contributed by atoms with E-state index in [-0.39, 0.29) is 28.2 Å². The Morgan fingerprint density at radius 1 is 0.969 bits per heavy atom. The number of methoxy groups -OCH3 is 3. The summed E-state index contributed by atoms with van der Waals surface area (Å²) in [5.41, 5.74) is 1.17. The number of hydrogen-bond acceptors (Lipinski definition) is 6. The maximum absolute atomic E-state index is 12.9. The lowest BCUT2D eigenvalue weighted by molar-refractivity contribution is 0.0953. The van der Waals surface area contributed by atoms with Crippen molar-refractivity contribution < 1.29 is 27.4 Å². The Kier molecular flexibility index (Phi) is 7.98. The summed E-state index contributed by atoms with van der Waals surface area (Å²) in [5, 5.41) is 2.83. The van der Waals surface area contributed by atoms with E-state index < -0.39 is 10.0 Å². The third kappa shape index (κ3) is 5.72. The number of carbonyl (C=O) groups is 1. The fourth-order valence-corrected chi connectivity index (χ4v) is 5.33. The second kappa shape index (κ2) is 10.7. The highest BCUT2D eigenvalue weighted by Crippen LogP contribution is 2.28. The number of ether oxygens (including phenoxy) is 3. The molecule has 1 aliphatic rings. The molecule has 0 unspecified atom stereocenters. The summed E-state index contributed by atoms with van der Waals surface area (Å²) in [7, 11) is 0.767. The van der Waals surface area contributed by atoms with Crippen molar-refractivity contribution in [2.45, 2.75) is 43.0 Å². The molecular formula is C23H30N2O6S. The Hall–Kier alpha value is -2.78. The Balaban J connectivity index is 1.70. The van der Waals surface area contributed by atoms with E-state index in [1.807, 2.05) is 12.1 Å². The van der Waals surface area contributed by atoms with Gasteiger partial charge in [-0.3, -0.25) is 4.79 Å². The minimum Gasteiger partial charge on any atom is -0.497 e. The van der Waals surface area contributed by atoms with Gasteiger partial charge in [-0.25, -0.2) is 13.1 Å². The predicted molar refractivity (Wildman–Crippen MR) is 121 cm³/mol. The lowest BCUT2D eigenvalue weighted by Gasteiger charge is -2.16. The van der Waals surface area contributed by atoms with Gasteiger partial charge in [-0.15, -0.1) is 0 Å². The zero-order valence-corrected chi connectivity index (χ0v) is 19.5. The fraction of sp³-hybridized carbons (Fsp3) is 0.435. The number of carbonyl (C=O) groups excluding carboxylic acids is 1. The average Bonchev–Trinajstić information content (AvgIpc) is 3.30. The largest absolute Gasteiger partial charge is 0.497 e. The highest BCUT2D eigenvalue weighted by Gasteiger charge is 2.26. The maximum Gasteiger partial charge on any atom is 0.251 e. The third-order valence-electron chi connectivity index (χ3n) is 5.57. The quantitative estimate of drug-likeness (QED) is 0.563. The molecule has 174 valence electrons. The van der Waals surface area contributed by atoms with Crippen LogP contribution in [0.25, 0.3) is 0 Å². The fourth-order valence-electron chi connectivity index (χ4n) is 3.83. The first kappa shape index (κ1) is 23.9. The van der Waals surface area contributed by atoms with Crippen molar-refractivity contribution in [3.63, 3.8) is 0 Å². The van der Waals surface area contributed by atoms with Crippen LogP contribution in [0.1, 0.15) is 41.6 Å². The zero-order chi connectivity index (χ0) is 23.1. The summed E-state index contributed by atoms with van der Waals surface area (Å²) in [6, 6.07) is 9.84. The molecule has 32 heavy (non-hydrogen) atoms. The molecule has 0 atom stereocenters. The summed E-state index contributed by atoms with van der Waals surface area (Å²) in [6.45, 7) is 0.357. The Morgan fingerprint density at radius 2 is 1.69 bits per heavy atom. The van der Waals surface area contributed by atoms with Crippen LogP contribution in [0.3, 0.4) is 0 Å². The molecule has 0 spiro atoms. The summed E-state index contributed by atoms with van der Waals surface area (Å²) in [6.07, 6.45) is 4.19. The van der Waals surface area contributed by atoms with Gasteiger partial charge in [-0.2, -0.15) is 0 Å². The lowest BCUT2D eigenvalue weighted by atomic mass is 10.1. The number of nitrogens with one attached hydrogen (secondary N) is 2. The molecule has 1 saturated carbocycles. The number of hydrogen-bond donors (Lipinski definition) is 2. The Labute approximate surface area is 189 Å². The molecule has 8 nitrogen and oxygen atoms in total. The van der Waals surface area contributed by atoms with Gasteiger partial charge in [0, 0.05) is 24.2 Å². The van der Waals surface area contributed by atoms with Gasteiger partial charge in [0.25, 0.3) is 5.91 Å². The van der Waals surface area contributed by atoms with Crippen LogP contribution in [0.2, 0.25) is 0 Å². The van der Waals surface area contributed by atoms with Gasteiger partial charge < -0.3 is 19.5 Å². The van der Waals surface area contributed by atoms with Crippen molar-refractivity contribution in [1.82, 2.24) is 10.0 Å². The maximum atomic E-state index is 12.9. The van der Waals surface area contributed by atoms with Crippen LogP contribution in [0.4, 0.5) is 0 Å².